The van der Waals surface area contributed by atoms with Crippen molar-refractivity contribution in [1.82, 2.24) is 0 Å². The number of hydrogen-bond donors (Lipinski definition) is 2. The minimum absolute atomic E-state index is 0. The summed E-state index contributed by atoms with van der Waals surface area (Å²) in [5, 5.41) is 5.86. The van der Waals surface area contributed by atoms with Gasteiger partial charge in [0.2, 0.25) is 0 Å². The van der Waals surface area contributed by atoms with Crippen LogP contribution in [0.1, 0.15) is 0 Å². The van der Waals surface area contributed by atoms with Gasteiger partial charge in [-0.15, -0.1) is 0 Å². The minimum Gasteiger partial charge on any atom is -1.00 e. The van der Waals surface area contributed by atoms with Crippen molar-refractivity contribution >= 4 is 6.34 Å². The van der Waals surface area contributed by atoms with Gasteiger partial charge in [0.15, 0.2) is 0 Å². The van der Waals surface area contributed by atoms with E-state index in [2.05, 4.69) is 5.73 Å². The smallest absolute Gasteiger partial charge is 1.00 e. The number of nitrogens with two attached hydrogens (primary N) is 1. The van der Waals surface area contributed by atoms with Crippen LogP contribution in [0, 0.1) is 5.41 Å². The van der Waals surface area contributed by atoms with Gasteiger partial charge in [-0.25, -0.2) is 0 Å². The molecule has 0 bridgehead atoms. The van der Waals surface area contributed by atoms with Crippen LogP contribution in [0.5, 0.6) is 0 Å². The van der Waals surface area contributed by atoms with Crippen molar-refractivity contribution in [3.8, 4) is 0 Å². The van der Waals surface area contributed by atoms with Crippen LogP contribution in [-0.2, 0) is 0 Å². The Balaban J connectivity index is -0.0000000200. The second kappa shape index (κ2) is 16.3. The second-order valence-electron chi connectivity index (χ2n) is 0.167. The van der Waals surface area contributed by atoms with E-state index in [1.165, 1.54) is 0 Å². The summed E-state index contributed by atoms with van der Waals surface area (Å²) in [7, 11) is 0. The summed E-state index contributed by atoms with van der Waals surface area (Å²) in [6.45, 7) is 0. The Morgan fingerprint density at radius 3 is 1.60 bits per heavy atom. The maximum absolute atomic E-state index is 5.86. The second-order valence-corrected chi connectivity index (χ2v) is 0.167. The molecule has 0 rings (SSSR count). The van der Waals surface area contributed by atoms with Crippen molar-refractivity contribution < 1.29 is 92.9 Å². The molecule has 0 aliphatic rings. The third kappa shape index (κ3) is 22.3. The predicted octanol–water partition coefficient (Wildman–Crippen LogP) is -6.44. The van der Waals surface area contributed by atoms with Crippen LogP contribution in [-0.4, -0.2) is 6.34 Å². The SMILES string of the molecule is N=CN.[Cs+].[I-]. The summed E-state index contributed by atoms with van der Waals surface area (Å²) in [6, 6.07) is 0. The molecule has 3 N–H and O–H groups in total. The van der Waals surface area contributed by atoms with Gasteiger partial charge in [0.1, 0.15) is 0 Å². The summed E-state index contributed by atoms with van der Waals surface area (Å²) in [6.07, 6.45) is 0.750. The van der Waals surface area contributed by atoms with Crippen LogP contribution in [0.3, 0.4) is 0 Å². The third-order valence-corrected chi connectivity index (χ3v) is 0. The monoisotopic (exact) mass is 304 g/mol. The van der Waals surface area contributed by atoms with Crippen molar-refractivity contribution in [2.75, 3.05) is 0 Å². The van der Waals surface area contributed by atoms with E-state index in [9.17, 15) is 0 Å². The molecule has 0 amide bonds. The molecule has 0 aromatic carbocycles. The van der Waals surface area contributed by atoms with E-state index >= 15 is 0 Å². The van der Waals surface area contributed by atoms with Gasteiger partial charge in [-0.05, 0) is 0 Å². The Kier molecular flexibility index (Phi) is 51.1. The summed E-state index contributed by atoms with van der Waals surface area (Å²) >= 11 is 0. The molecule has 0 aliphatic heterocycles. The Morgan fingerprint density at radius 1 is 1.60 bits per heavy atom. The van der Waals surface area contributed by atoms with Crippen LogP contribution < -0.4 is 98.6 Å². The summed E-state index contributed by atoms with van der Waals surface area (Å²) in [5.41, 5.74) is 4.39. The molecule has 0 aromatic rings. The summed E-state index contributed by atoms with van der Waals surface area (Å²) in [5.74, 6) is 0. The van der Waals surface area contributed by atoms with E-state index in [1.54, 1.807) is 0 Å². The Bertz CT molecular complexity index is 17.1. The quantitative estimate of drug-likeness (QED) is 0.261. The number of halogens is 1. The molecule has 0 fully saturated rings. The van der Waals surface area contributed by atoms with Gasteiger partial charge in [-0.1, -0.05) is 0 Å². The first-order valence-corrected chi connectivity index (χ1v) is 0.622. The first-order chi connectivity index (χ1) is 1.41. The molecular formula is CH4CsIN2. The molecule has 0 atom stereocenters. The van der Waals surface area contributed by atoms with Gasteiger partial charge in [0.25, 0.3) is 0 Å². The molecule has 4 heteroatoms. The van der Waals surface area contributed by atoms with Crippen LogP contribution in [0.4, 0.5) is 0 Å². The van der Waals surface area contributed by atoms with Gasteiger partial charge in [0.05, 0.1) is 6.34 Å². The zero-order valence-electron chi connectivity index (χ0n) is 3.03. The third-order valence-electron chi connectivity index (χ3n) is 0. The van der Waals surface area contributed by atoms with E-state index in [0.29, 0.717) is 0 Å². The van der Waals surface area contributed by atoms with E-state index in [0.717, 1.165) is 6.34 Å². The zero-order valence-corrected chi connectivity index (χ0v) is 11.5. The topological polar surface area (TPSA) is 49.9 Å². The molecule has 0 saturated carbocycles. The van der Waals surface area contributed by atoms with E-state index < -0.39 is 0 Å². The van der Waals surface area contributed by atoms with E-state index in [-0.39, 0.29) is 92.9 Å². The molecular weight excluding hydrogens is 300 g/mol. The molecule has 26 valence electrons. The Labute approximate surface area is 107 Å². The number of hydrogen-bond acceptors (Lipinski definition) is 1. The molecule has 0 heterocycles. The minimum atomic E-state index is 0. The Morgan fingerprint density at radius 2 is 1.60 bits per heavy atom. The molecule has 0 unspecified atom stereocenters. The molecule has 0 aliphatic carbocycles. The standard InChI is InChI=1S/CH4N2.Cs.HI/c2-1-3;;/h1H,(H3,2,3);;1H/q;+1;/p-1. The van der Waals surface area contributed by atoms with Crippen molar-refractivity contribution in [2.45, 2.75) is 0 Å². The molecule has 0 aromatic heterocycles. The largest absolute Gasteiger partial charge is 1.00 e. The van der Waals surface area contributed by atoms with Crippen LogP contribution in [0.25, 0.3) is 0 Å². The summed E-state index contributed by atoms with van der Waals surface area (Å²) in [4.78, 5) is 0. The fourth-order valence-corrected chi connectivity index (χ4v) is 0. The first kappa shape index (κ1) is 15.7. The zero-order chi connectivity index (χ0) is 2.71. The van der Waals surface area contributed by atoms with Gasteiger partial charge in [-0.3, -0.25) is 5.41 Å². The number of nitrogens with one attached hydrogen (secondary N) is 1. The van der Waals surface area contributed by atoms with Crippen LogP contribution >= 0.6 is 0 Å². The molecule has 2 nitrogen and oxygen atoms in total. The fraction of sp³-hybridized carbons (Fsp3) is 0. The van der Waals surface area contributed by atoms with Crippen LogP contribution in [0.2, 0.25) is 0 Å². The normalized spacial score (nSPS) is 2.40. The van der Waals surface area contributed by atoms with Crippen molar-refractivity contribution in [3.63, 3.8) is 0 Å². The van der Waals surface area contributed by atoms with Crippen LogP contribution in [0.15, 0.2) is 0 Å². The molecule has 0 spiro atoms. The number of rotatable bonds is 0. The van der Waals surface area contributed by atoms with Crippen molar-refractivity contribution in [2.24, 2.45) is 5.73 Å². The first-order valence-electron chi connectivity index (χ1n) is 0.622. The average molecular weight is 304 g/mol. The van der Waals surface area contributed by atoms with Crippen molar-refractivity contribution in [3.05, 3.63) is 0 Å². The van der Waals surface area contributed by atoms with Gasteiger partial charge in [0, 0.05) is 0 Å². The predicted molar refractivity (Wildman–Crippen MR) is 13.0 cm³/mol. The van der Waals surface area contributed by atoms with Gasteiger partial charge in [-0.2, -0.15) is 0 Å². The molecule has 0 radical (unpaired) electrons. The molecule has 0 saturated heterocycles. The van der Waals surface area contributed by atoms with Crippen molar-refractivity contribution in [1.29, 1.82) is 5.41 Å². The van der Waals surface area contributed by atoms with Gasteiger partial charge >= 0.3 is 68.9 Å². The summed E-state index contributed by atoms with van der Waals surface area (Å²) < 4.78 is 0. The van der Waals surface area contributed by atoms with E-state index in [4.69, 9.17) is 5.41 Å². The Hall–Kier alpha value is 2.25. The average Bonchev–Trinajstić information content (AvgIpc) is 0.918. The maximum atomic E-state index is 5.86. The maximum Gasteiger partial charge on any atom is 1.00 e. The molecule has 5 heavy (non-hydrogen) atoms. The fourth-order valence-electron chi connectivity index (χ4n) is 0. The van der Waals surface area contributed by atoms with E-state index in [1.807, 2.05) is 0 Å². The van der Waals surface area contributed by atoms with Gasteiger partial charge < -0.3 is 29.7 Å².